The summed E-state index contributed by atoms with van der Waals surface area (Å²) in [6, 6.07) is 0. The van der Waals surface area contributed by atoms with Crippen molar-refractivity contribution in [2.45, 2.75) is 38.3 Å². The molecule has 0 bridgehead atoms. The molecule has 17 heavy (non-hydrogen) atoms. The Morgan fingerprint density at radius 3 is 2.53 bits per heavy atom. The third kappa shape index (κ3) is 7.68. The number of allylic oxidation sites excluding steroid dienone is 1. The number of alkyl halides is 3. The van der Waals surface area contributed by atoms with Crippen molar-refractivity contribution in [3.05, 3.63) is 12.2 Å². The van der Waals surface area contributed by atoms with E-state index in [1.54, 1.807) is 0 Å². The van der Waals surface area contributed by atoms with Crippen LogP contribution in [0, 0.1) is 5.92 Å². The van der Waals surface area contributed by atoms with Crippen LogP contribution in [0.5, 0.6) is 0 Å². The summed E-state index contributed by atoms with van der Waals surface area (Å²) in [5.74, 6) is 0.300. The van der Waals surface area contributed by atoms with E-state index in [1.165, 1.54) is 5.57 Å². The summed E-state index contributed by atoms with van der Waals surface area (Å²) in [6.45, 7) is 4.36. The maximum atomic E-state index is 11.8. The summed E-state index contributed by atoms with van der Waals surface area (Å²) in [5.41, 5.74) is 1.27. The van der Waals surface area contributed by atoms with Gasteiger partial charge in [0.2, 0.25) is 0 Å². The minimum Gasteiger partial charge on any atom is -0.224 e. The van der Waals surface area contributed by atoms with Gasteiger partial charge in [-0.1, -0.05) is 12.2 Å². The first-order valence-corrected chi connectivity index (χ1v) is 6.53. The van der Waals surface area contributed by atoms with Gasteiger partial charge in [0.15, 0.2) is 0 Å². The summed E-state index contributed by atoms with van der Waals surface area (Å²) < 4.78 is 40.0. The topological polar surface area (TPSA) is 18.5 Å². The van der Waals surface area contributed by atoms with Gasteiger partial charge in [0.05, 0.1) is 13.0 Å². The van der Waals surface area contributed by atoms with Gasteiger partial charge in [0, 0.05) is 17.8 Å². The average molecular weight is 270 g/mol. The van der Waals surface area contributed by atoms with E-state index in [0.29, 0.717) is 24.6 Å². The molecule has 1 aliphatic carbocycles. The molecule has 0 aromatic carbocycles. The Hall–Kier alpha value is -0.200. The van der Waals surface area contributed by atoms with Gasteiger partial charge >= 0.3 is 6.18 Å². The molecule has 0 N–H and O–H groups in total. The fourth-order valence-corrected chi connectivity index (χ4v) is 2.11. The van der Waals surface area contributed by atoms with Gasteiger partial charge in [0.25, 0.3) is 0 Å². The smallest absolute Gasteiger partial charge is 0.224 e. The van der Waals surface area contributed by atoms with Crippen LogP contribution in [-0.2, 0) is 9.22 Å². The molecule has 100 valence electrons. The van der Waals surface area contributed by atoms with Crippen LogP contribution in [0.25, 0.3) is 0 Å². The van der Waals surface area contributed by atoms with E-state index in [9.17, 15) is 13.2 Å². The van der Waals surface area contributed by atoms with Crippen molar-refractivity contribution in [1.82, 2.24) is 0 Å². The second-order valence-corrected chi connectivity index (χ2v) is 5.01. The van der Waals surface area contributed by atoms with Crippen molar-refractivity contribution in [2.75, 3.05) is 12.4 Å². The maximum Gasteiger partial charge on any atom is 0.389 e. The summed E-state index contributed by atoms with van der Waals surface area (Å²) in [6.07, 6.45) is -0.917. The molecule has 0 amide bonds. The molecule has 0 aromatic rings. The average Bonchev–Trinajstić information content (AvgIpc) is 2.24. The minimum absolute atomic E-state index is 0.134. The molecule has 0 aliphatic heterocycles. The predicted octanol–water partition coefficient (Wildman–Crippen LogP) is 4.28. The van der Waals surface area contributed by atoms with Gasteiger partial charge in [0.1, 0.15) is 0 Å². The zero-order chi connectivity index (χ0) is 12.7. The first-order valence-electron chi connectivity index (χ1n) is 5.62. The molecule has 1 rings (SSSR count). The molecule has 0 unspecified atom stereocenters. The normalized spacial score (nSPS) is 18.6. The summed E-state index contributed by atoms with van der Waals surface area (Å²) in [5, 5.41) is 0. The van der Waals surface area contributed by atoms with E-state index >= 15 is 0 Å². The van der Waals surface area contributed by atoms with Gasteiger partial charge in [-0.05, 0) is 31.6 Å². The summed E-state index contributed by atoms with van der Waals surface area (Å²) in [7, 11) is 0. The largest absolute Gasteiger partial charge is 0.389 e. The maximum absolute atomic E-state index is 11.8. The zero-order valence-corrected chi connectivity index (χ0v) is 10.4. The molecule has 0 saturated heterocycles. The minimum atomic E-state index is -4.12. The Morgan fingerprint density at radius 1 is 1.29 bits per heavy atom. The second kappa shape index (κ2) is 7.28. The fraction of sp³-hybridized carbons (Fsp3) is 0.818. The van der Waals surface area contributed by atoms with Crippen LogP contribution in [0.2, 0.25) is 0 Å². The van der Waals surface area contributed by atoms with Gasteiger partial charge in [-0.15, -0.1) is 0 Å². The van der Waals surface area contributed by atoms with Crippen LogP contribution in [0.15, 0.2) is 12.2 Å². The molecule has 0 heterocycles. The monoisotopic (exact) mass is 270 g/mol. The van der Waals surface area contributed by atoms with Crippen molar-refractivity contribution in [3.63, 3.8) is 0 Å². The Bertz CT molecular complexity index is 233. The Morgan fingerprint density at radius 2 is 1.94 bits per heavy atom. The number of hydrogen-bond acceptors (Lipinski definition) is 3. The zero-order valence-electron chi connectivity index (χ0n) is 9.59. The van der Waals surface area contributed by atoms with Crippen molar-refractivity contribution < 1.29 is 22.4 Å². The molecule has 0 aromatic heterocycles. The highest BCUT2D eigenvalue weighted by Gasteiger charge is 2.26. The van der Waals surface area contributed by atoms with Gasteiger partial charge in [-0.3, -0.25) is 0 Å². The lowest BCUT2D eigenvalue weighted by Crippen LogP contribution is -2.14. The molecule has 1 fully saturated rings. The number of hydrogen-bond donors (Lipinski definition) is 0. The second-order valence-electron chi connectivity index (χ2n) is 4.23. The number of rotatable bonds is 6. The van der Waals surface area contributed by atoms with Crippen molar-refractivity contribution in [2.24, 2.45) is 5.92 Å². The fourth-order valence-electron chi connectivity index (χ4n) is 1.60. The summed E-state index contributed by atoms with van der Waals surface area (Å²) in [4.78, 5) is 4.89. The molecule has 0 spiro atoms. The van der Waals surface area contributed by atoms with Crippen molar-refractivity contribution in [1.29, 1.82) is 0 Å². The highest BCUT2D eigenvalue weighted by atomic mass is 32.2. The van der Waals surface area contributed by atoms with Crippen LogP contribution >= 0.6 is 12.0 Å². The highest BCUT2D eigenvalue weighted by molar-refractivity contribution is 7.94. The first kappa shape index (κ1) is 14.9. The van der Waals surface area contributed by atoms with Gasteiger partial charge in [-0.2, -0.15) is 17.5 Å². The van der Waals surface area contributed by atoms with Crippen molar-refractivity contribution >= 4 is 12.0 Å². The van der Waals surface area contributed by atoms with Crippen LogP contribution in [-0.4, -0.2) is 18.5 Å². The number of halogens is 3. The van der Waals surface area contributed by atoms with Gasteiger partial charge < -0.3 is 0 Å². The molecule has 2 nitrogen and oxygen atoms in total. The van der Waals surface area contributed by atoms with Gasteiger partial charge in [-0.25, -0.2) is 4.89 Å². The van der Waals surface area contributed by atoms with Crippen molar-refractivity contribution in [3.8, 4) is 0 Å². The van der Waals surface area contributed by atoms with E-state index in [1.807, 2.05) is 0 Å². The molecule has 6 heteroatoms. The molecule has 0 radical (unpaired) electrons. The van der Waals surface area contributed by atoms with E-state index in [4.69, 9.17) is 4.89 Å². The molecule has 1 saturated carbocycles. The standard InChI is InChI=1S/C11H17F3O2S/c1-9-2-4-10(5-3-9)8-15-16-17-7-6-11(12,13)14/h10H,1-8H2. The highest BCUT2D eigenvalue weighted by Crippen LogP contribution is 2.27. The molecular formula is C11H17F3O2S. The first-order chi connectivity index (χ1) is 7.97. The van der Waals surface area contributed by atoms with E-state index in [2.05, 4.69) is 10.9 Å². The summed E-state index contributed by atoms with van der Waals surface area (Å²) >= 11 is 0.709. The SMILES string of the molecule is C=C1CCC(COOSCCC(F)(F)F)CC1. The third-order valence-corrected chi connectivity index (χ3v) is 3.24. The van der Waals surface area contributed by atoms with E-state index in [0.717, 1.165) is 25.7 Å². The van der Waals surface area contributed by atoms with Crippen LogP contribution < -0.4 is 0 Å². The predicted molar refractivity (Wildman–Crippen MR) is 61.3 cm³/mol. The third-order valence-electron chi connectivity index (χ3n) is 2.68. The van der Waals surface area contributed by atoms with E-state index < -0.39 is 12.6 Å². The lowest BCUT2D eigenvalue weighted by Gasteiger charge is -2.22. The molecule has 0 atom stereocenters. The lowest BCUT2D eigenvalue weighted by atomic mass is 9.87. The Kier molecular flexibility index (Phi) is 6.37. The van der Waals surface area contributed by atoms with E-state index in [-0.39, 0.29) is 5.75 Å². The Labute approximate surface area is 104 Å². The Balaban J connectivity index is 1.92. The van der Waals surface area contributed by atoms with Crippen LogP contribution in [0.1, 0.15) is 32.1 Å². The molecule has 1 aliphatic rings. The van der Waals surface area contributed by atoms with Crippen LogP contribution in [0.4, 0.5) is 13.2 Å². The molecular weight excluding hydrogens is 253 g/mol. The quantitative estimate of drug-likeness (QED) is 0.236. The van der Waals surface area contributed by atoms with Crippen LogP contribution in [0.3, 0.4) is 0 Å². The lowest BCUT2D eigenvalue weighted by molar-refractivity contribution is -0.203.